The van der Waals surface area contributed by atoms with E-state index < -0.39 is 0 Å². The van der Waals surface area contributed by atoms with E-state index in [0.717, 1.165) is 22.3 Å². The molecular weight excluding hydrogens is 685 g/mol. The van der Waals surface area contributed by atoms with E-state index in [2.05, 4.69) is 143 Å². The number of rotatable bonds is 6. The highest BCUT2D eigenvalue weighted by Crippen LogP contribution is 2.49. The number of hydrogen-bond acceptors (Lipinski definition) is 4. The maximum atomic E-state index is 6.74. The Bertz CT molecular complexity index is 2880. The highest BCUT2D eigenvalue weighted by molar-refractivity contribution is 6.28. The Morgan fingerprint density at radius 1 is 0.339 bits per heavy atom. The van der Waals surface area contributed by atoms with Crippen molar-refractivity contribution in [3.05, 3.63) is 133 Å². The van der Waals surface area contributed by atoms with E-state index in [4.69, 9.17) is 8.83 Å². The Balaban J connectivity index is 1.10. The number of nitrogens with zero attached hydrogens (tertiary/aromatic N) is 2. The molecule has 0 amide bonds. The SMILES string of the molecule is c1ccc2c(c1)oc1c(N(c3ccc4ccc5c(N(c6cccc7c6oc6ccccc67)C6CCCCC6)ccc6ccc3c4c65)C3CCCCC3)cccc12. The molecule has 56 heavy (non-hydrogen) atoms. The molecule has 2 aliphatic rings. The van der Waals surface area contributed by atoms with Crippen molar-refractivity contribution in [3.8, 4) is 0 Å². The fourth-order valence-electron chi connectivity index (χ4n) is 10.8. The molecule has 2 fully saturated rings. The van der Waals surface area contributed by atoms with Gasteiger partial charge in [-0.25, -0.2) is 0 Å². The predicted molar refractivity (Wildman–Crippen MR) is 236 cm³/mol. The van der Waals surface area contributed by atoms with Gasteiger partial charge in [0.1, 0.15) is 11.2 Å². The normalized spacial score (nSPS) is 16.1. The number of benzene rings is 8. The molecule has 2 aliphatic carbocycles. The molecule has 0 spiro atoms. The van der Waals surface area contributed by atoms with Gasteiger partial charge < -0.3 is 18.6 Å². The van der Waals surface area contributed by atoms with Gasteiger partial charge in [0.2, 0.25) is 0 Å². The van der Waals surface area contributed by atoms with Crippen molar-refractivity contribution >= 4 is 98.9 Å². The van der Waals surface area contributed by atoms with Crippen LogP contribution in [-0.2, 0) is 0 Å². The molecule has 2 heterocycles. The molecule has 4 nitrogen and oxygen atoms in total. The van der Waals surface area contributed by atoms with Crippen LogP contribution in [0.1, 0.15) is 64.2 Å². The fraction of sp³-hybridized carbons (Fsp3) is 0.231. The van der Waals surface area contributed by atoms with Gasteiger partial charge in [-0.15, -0.1) is 0 Å². The van der Waals surface area contributed by atoms with E-state index in [-0.39, 0.29) is 0 Å². The van der Waals surface area contributed by atoms with Crippen molar-refractivity contribution in [1.82, 2.24) is 0 Å². The first-order valence-electron chi connectivity index (χ1n) is 20.9. The fourth-order valence-corrected chi connectivity index (χ4v) is 10.8. The summed E-state index contributed by atoms with van der Waals surface area (Å²) in [6.07, 6.45) is 12.3. The zero-order valence-corrected chi connectivity index (χ0v) is 31.6. The van der Waals surface area contributed by atoms with E-state index in [1.54, 1.807) is 0 Å². The van der Waals surface area contributed by atoms with Crippen LogP contribution in [0.3, 0.4) is 0 Å². The van der Waals surface area contributed by atoms with Crippen molar-refractivity contribution in [2.75, 3.05) is 9.80 Å². The predicted octanol–water partition coefficient (Wildman–Crippen LogP) is 15.3. The lowest BCUT2D eigenvalue weighted by atomic mass is 9.89. The standard InChI is InChI=1S/C52H44N2O2/c1-3-13-35(14-4-1)53(45-21-11-19-39-37-17-7-9-23-47(37)55-51(39)45)43-31-27-33-26-30-42-44(32-28-34-25-29-41(43)49(33)50(34)42)54(36-15-5-2-6-16-36)46-22-12-20-40-38-18-8-10-24-48(38)56-52(40)46/h7-12,17-32,35-36H,1-6,13-16H2. The summed E-state index contributed by atoms with van der Waals surface area (Å²) >= 11 is 0. The van der Waals surface area contributed by atoms with E-state index >= 15 is 0 Å². The Labute approximate surface area is 326 Å². The van der Waals surface area contributed by atoms with Gasteiger partial charge in [-0.2, -0.15) is 0 Å². The zero-order chi connectivity index (χ0) is 36.7. The maximum Gasteiger partial charge on any atom is 0.159 e. The Hall–Kier alpha value is -6.00. The van der Waals surface area contributed by atoms with Crippen LogP contribution in [-0.4, -0.2) is 12.1 Å². The lowest BCUT2D eigenvalue weighted by Gasteiger charge is -2.38. The summed E-state index contributed by atoms with van der Waals surface area (Å²) in [5.41, 5.74) is 8.74. The quantitative estimate of drug-likeness (QED) is 0.160. The summed E-state index contributed by atoms with van der Waals surface area (Å²) < 4.78 is 13.5. The van der Waals surface area contributed by atoms with Crippen LogP contribution < -0.4 is 9.80 Å². The minimum atomic E-state index is 0.391. The van der Waals surface area contributed by atoms with Gasteiger partial charge in [-0.1, -0.05) is 136 Å². The second-order valence-electron chi connectivity index (χ2n) is 16.4. The molecule has 0 unspecified atom stereocenters. The number of fused-ring (bicyclic) bond motifs is 6. The monoisotopic (exact) mass is 728 g/mol. The molecule has 0 N–H and O–H groups in total. The molecule has 8 aromatic carbocycles. The van der Waals surface area contributed by atoms with Crippen molar-refractivity contribution < 1.29 is 8.83 Å². The molecule has 12 rings (SSSR count). The number of furan rings is 2. The van der Waals surface area contributed by atoms with Crippen LogP contribution in [0.5, 0.6) is 0 Å². The highest BCUT2D eigenvalue weighted by atomic mass is 16.3. The smallest absolute Gasteiger partial charge is 0.159 e. The first-order valence-corrected chi connectivity index (χ1v) is 20.9. The van der Waals surface area contributed by atoms with Crippen LogP contribution in [0.2, 0.25) is 0 Å². The second kappa shape index (κ2) is 12.8. The first-order chi connectivity index (χ1) is 27.8. The van der Waals surface area contributed by atoms with Crippen molar-refractivity contribution in [3.63, 3.8) is 0 Å². The lowest BCUT2D eigenvalue weighted by molar-refractivity contribution is 0.436. The van der Waals surface area contributed by atoms with Crippen LogP contribution in [0, 0.1) is 0 Å². The highest BCUT2D eigenvalue weighted by Gasteiger charge is 2.30. The minimum Gasteiger partial charge on any atom is -0.454 e. The molecule has 2 saturated carbocycles. The summed E-state index contributed by atoms with van der Waals surface area (Å²) in [5, 5.41) is 12.6. The molecule has 0 atom stereocenters. The van der Waals surface area contributed by atoms with Gasteiger partial charge in [-0.05, 0) is 83.6 Å². The van der Waals surface area contributed by atoms with Crippen LogP contribution in [0.15, 0.2) is 142 Å². The molecule has 274 valence electrons. The summed E-state index contributed by atoms with van der Waals surface area (Å²) in [4.78, 5) is 5.32. The summed E-state index contributed by atoms with van der Waals surface area (Å²) in [7, 11) is 0. The van der Waals surface area contributed by atoms with Gasteiger partial charge in [0.25, 0.3) is 0 Å². The number of para-hydroxylation sites is 4. The molecule has 0 radical (unpaired) electrons. The van der Waals surface area contributed by atoms with Gasteiger partial charge in [0.15, 0.2) is 11.2 Å². The molecule has 0 saturated heterocycles. The third-order valence-electron chi connectivity index (χ3n) is 13.3. The summed E-state index contributed by atoms with van der Waals surface area (Å²) in [5.74, 6) is 0. The summed E-state index contributed by atoms with van der Waals surface area (Å²) in [6.45, 7) is 0. The van der Waals surface area contributed by atoms with E-state index in [9.17, 15) is 0 Å². The van der Waals surface area contributed by atoms with Gasteiger partial charge in [0, 0.05) is 55.8 Å². The first kappa shape index (κ1) is 32.3. The Kier molecular flexibility index (Phi) is 7.36. The molecular formula is C52H44N2O2. The average Bonchev–Trinajstić information content (AvgIpc) is 3.84. The molecule has 10 aromatic rings. The van der Waals surface area contributed by atoms with E-state index in [1.807, 2.05) is 0 Å². The number of hydrogen-bond donors (Lipinski definition) is 0. The topological polar surface area (TPSA) is 32.8 Å². The number of anilines is 4. The van der Waals surface area contributed by atoms with Crippen molar-refractivity contribution in [2.24, 2.45) is 0 Å². The van der Waals surface area contributed by atoms with E-state index in [0.29, 0.717) is 12.1 Å². The molecule has 2 aromatic heterocycles. The van der Waals surface area contributed by atoms with E-state index in [1.165, 1.54) is 141 Å². The third kappa shape index (κ3) is 4.84. The maximum absolute atomic E-state index is 6.74. The van der Waals surface area contributed by atoms with Crippen molar-refractivity contribution in [1.29, 1.82) is 0 Å². The van der Waals surface area contributed by atoms with Crippen LogP contribution >= 0.6 is 0 Å². The molecule has 0 bridgehead atoms. The molecule has 0 aliphatic heterocycles. The largest absolute Gasteiger partial charge is 0.454 e. The Morgan fingerprint density at radius 2 is 0.750 bits per heavy atom. The molecule has 4 heteroatoms. The zero-order valence-electron chi connectivity index (χ0n) is 31.6. The van der Waals surface area contributed by atoms with Gasteiger partial charge in [-0.3, -0.25) is 0 Å². The van der Waals surface area contributed by atoms with Crippen LogP contribution in [0.4, 0.5) is 22.7 Å². The Morgan fingerprint density at radius 3 is 1.21 bits per heavy atom. The average molecular weight is 729 g/mol. The van der Waals surface area contributed by atoms with Gasteiger partial charge >= 0.3 is 0 Å². The van der Waals surface area contributed by atoms with Gasteiger partial charge in [0.05, 0.1) is 11.4 Å². The second-order valence-corrected chi connectivity index (χ2v) is 16.4. The van der Waals surface area contributed by atoms with Crippen molar-refractivity contribution in [2.45, 2.75) is 76.3 Å². The third-order valence-corrected chi connectivity index (χ3v) is 13.3. The minimum absolute atomic E-state index is 0.391. The summed E-state index contributed by atoms with van der Waals surface area (Å²) in [6, 6.07) is 50.2. The lowest BCUT2D eigenvalue weighted by Crippen LogP contribution is -2.33. The van der Waals surface area contributed by atoms with Crippen LogP contribution in [0.25, 0.3) is 76.2 Å².